The number of rotatable bonds is 2. The molecule has 0 bridgehead atoms. The van der Waals surface area contributed by atoms with Crippen LogP contribution in [0.5, 0.6) is 5.75 Å². The van der Waals surface area contributed by atoms with Gasteiger partial charge >= 0.3 is 5.97 Å². The zero-order chi connectivity index (χ0) is 11.4. The molecule has 2 rings (SSSR count). The van der Waals surface area contributed by atoms with Crippen LogP contribution in [0.2, 0.25) is 5.02 Å². The zero-order valence-corrected chi connectivity index (χ0v) is 9.07. The normalized spacial score (nSPS) is 9.81. The summed E-state index contributed by atoms with van der Waals surface area (Å²) >= 11 is 5.87. The third-order valence-corrected chi connectivity index (χ3v) is 2.28. The van der Waals surface area contributed by atoms with Gasteiger partial charge in [0.05, 0.1) is 10.6 Å². The van der Waals surface area contributed by atoms with Crippen molar-refractivity contribution in [2.75, 3.05) is 0 Å². The van der Waals surface area contributed by atoms with Gasteiger partial charge in [-0.1, -0.05) is 41.9 Å². The van der Waals surface area contributed by atoms with Crippen molar-refractivity contribution in [2.24, 2.45) is 0 Å². The van der Waals surface area contributed by atoms with Gasteiger partial charge in [0.15, 0.2) is 0 Å². The van der Waals surface area contributed by atoms with E-state index in [0.717, 1.165) is 0 Å². The van der Waals surface area contributed by atoms with Gasteiger partial charge in [-0.3, -0.25) is 0 Å². The van der Waals surface area contributed by atoms with Gasteiger partial charge < -0.3 is 4.74 Å². The van der Waals surface area contributed by atoms with E-state index >= 15 is 0 Å². The molecule has 0 saturated heterocycles. The summed E-state index contributed by atoms with van der Waals surface area (Å²) in [5.74, 6) is -0.111. The molecule has 0 amide bonds. The summed E-state index contributed by atoms with van der Waals surface area (Å²) in [4.78, 5) is 11.7. The van der Waals surface area contributed by atoms with E-state index < -0.39 is 5.97 Å². The Balaban J connectivity index is 2.18. The molecule has 0 aliphatic rings. The Morgan fingerprint density at radius 3 is 2.56 bits per heavy atom. The highest BCUT2D eigenvalue weighted by molar-refractivity contribution is 6.32. The minimum absolute atomic E-state index is 0.353. The number of ether oxygens (including phenoxy) is 1. The molecule has 0 heterocycles. The van der Waals surface area contributed by atoms with Crippen molar-refractivity contribution in [3.63, 3.8) is 0 Å². The molecule has 0 aliphatic carbocycles. The summed E-state index contributed by atoms with van der Waals surface area (Å²) in [5.41, 5.74) is 0.377. The first-order chi connectivity index (χ1) is 7.77. The number of hydrogen-bond acceptors (Lipinski definition) is 2. The predicted octanol–water partition coefficient (Wildman–Crippen LogP) is 3.36. The average Bonchev–Trinajstić information content (AvgIpc) is 2.33. The summed E-state index contributed by atoms with van der Waals surface area (Å²) in [6.45, 7) is 0. The molecule has 2 nitrogen and oxygen atoms in total. The number of carbonyl (C=O) groups excluding carboxylic acids is 1. The van der Waals surface area contributed by atoms with Crippen molar-refractivity contribution < 1.29 is 9.53 Å². The molecule has 0 aliphatic heterocycles. The highest BCUT2D eigenvalue weighted by Crippen LogP contribution is 2.23. The molecule has 0 N–H and O–H groups in total. The average molecular weight is 232 g/mol. The summed E-state index contributed by atoms with van der Waals surface area (Å²) in [7, 11) is 0. The standard InChI is InChI=1S/C13H8ClO2/c14-11-8-4-5-9-12(11)16-13(15)10-6-2-1-3-7-10/h1-6,8-9H. The Morgan fingerprint density at radius 2 is 1.88 bits per heavy atom. The number of para-hydroxylation sites is 1. The van der Waals surface area contributed by atoms with Crippen molar-refractivity contribution in [1.29, 1.82) is 0 Å². The Labute approximate surface area is 98.4 Å². The van der Waals surface area contributed by atoms with Crippen molar-refractivity contribution in [1.82, 2.24) is 0 Å². The Hall–Kier alpha value is -1.80. The molecule has 0 saturated carbocycles. The van der Waals surface area contributed by atoms with Gasteiger partial charge in [-0.15, -0.1) is 0 Å². The number of esters is 1. The second kappa shape index (κ2) is 4.81. The Kier molecular flexibility index (Phi) is 3.22. The number of halogens is 1. The fourth-order valence-electron chi connectivity index (χ4n) is 1.20. The van der Waals surface area contributed by atoms with Crippen LogP contribution >= 0.6 is 11.6 Å². The maximum atomic E-state index is 11.7. The molecule has 16 heavy (non-hydrogen) atoms. The summed E-state index contributed by atoms with van der Waals surface area (Å²) in [6, 6.07) is 16.5. The molecule has 0 unspecified atom stereocenters. The smallest absolute Gasteiger partial charge is 0.344 e. The predicted molar refractivity (Wildman–Crippen MR) is 61.7 cm³/mol. The number of carbonyl (C=O) groups is 1. The van der Waals surface area contributed by atoms with Gasteiger partial charge in [-0.25, -0.2) is 4.79 Å². The third kappa shape index (κ3) is 2.41. The lowest BCUT2D eigenvalue weighted by Crippen LogP contribution is -2.08. The lowest BCUT2D eigenvalue weighted by Gasteiger charge is -2.05. The molecule has 0 fully saturated rings. The molecule has 79 valence electrons. The van der Waals surface area contributed by atoms with Crippen LogP contribution in [0.25, 0.3) is 0 Å². The molecular weight excluding hydrogens is 224 g/mol. The second-order valence-corrected chi connectivity index (χ2v) is 3.50. The molecular formula is C13H8ClO2. The van der Waals surface area contributed by atoms with Crippen LogP contribution in [-0.4, -0.2) is 5.97 Å². The van der Waals surface area contributed by atoms with Crippen LogP contribution < -0.4 is 4.74 Å². The quantitative estimate of drug-likeness (QED) is 0.585. The first kappa shape index (κ1) is 10.7. The third-order valence-electron chi connectivity index (χ3n) is 1.97. The van der Waals surface area contributed by atoms with Gasteiger partial charge in [0, 0.05) is 0 Å². The summed E-state index contributed by atoms with van der Waals surface area (Å²) in [6.07, 6.45) is 0. The monoisotopic (exact) mass is 231 g/mol. The molecule has 2 aromatic rings. The first-order valence-corrected chi connectivity index (χ1v) is 5.08. The summed E-state index contributed by atoms with van der Waals surface area (Å²) < 4.78 is 5.13. The van der Waals surface area contributed by atoms with Crippen LogP contribution in [-0.2, 0) is 0 Å². The van der Waals surface area contributed by atoms with Gasteiger partial charge in [0.2, 0.25) is 0 Å². The SMILES string of the molecule is O=C(Oc1ccccc1Cl)c1[c]cccc1. The van der Waals surface area contributed by atoms with Crippen molar-refractivity contribution in [3.05, 3.63) is 65.2 Å². The fourth-order valence-corrected chi connectivity index (χ4v) is 1.38. The van der Waals surface area contributed by atoms with Gasteiger partial charge in [-0.2, -0.15) is 0 Å². The largest absolute Gasteiger partial charge is 0.421 e. The highest BCUT2D eigenvalue weighted by atomic mass is 35.5. The summed E-state index contributed by atoms with van der Waals surface area (Å²) in [5, 5.41) is 0.409. The molecule has 2 aromatic carbocycles. The van der Waals surface area contributed by atoms with E-state index in [9.17, 15) is 4.79 Å². The van der Waals surface area contributed by atoms with Gasteiger partial charge in [0.25, 0.3) is 0 Å². The number of benzene rings is 2. The van der Waals surface area contributed by atoms with Crippen molar-refractivity contribution in [3.8, 4) is 5.75 Å². The molecule has 0 atom stereocenters. The molecule has 1 radical (unpaired) electrons. The number of hydrogen-bond donors (Lipinski definition) is 0. The topological polar surface area (TPSA) is 26.3 Å². The molecule has 0 aromatic heterocycles. The maximum Gasteiger partial charge on any atom is 0.344 e. The van der Waals surface area contributed by atoms with Crippen LogP contribution in [0.3, 0.4) is 0 Å². The molecule has 3 heteroatoms. The van der Waals surface area contributed by atoms with E-state index in [4.69, 9.17) is 16.3 Å². The van der Waals surface area contributed by atoms with Gasteiger partial charge in [0.1, 0.15) is 5.75 Å². The highest BCUT2D eigenvalue weighted by Gasteiger charge is 2.09. The lowest BCUT2D eigenvalue weighted by atomic mass is 10.2. The fraction of sp³-hybridized carbons (Fsp3) is 0. The van der Waals surface area contributed by atoms with Crippen LogP contribution in [0.15, 0.2) is 48.5 Å². The van der Waals surface area contributed by atoms with E-state index in [1.54, 1.807) is 48.5 Å². The van der Waals surface area contributed by atoms with Crippen LogP contribution in [0, 0.1) is 6.07 Å². The Bertz CT molecular complexity index is 494. The molecule has 0 spiro atoms. The lowest BCUT2D eigenvalue weighted by molar-refractivity contribution is 0.0734. The maximum absolute atomic E-state index is 11.7. The van der Waals surface area contributed by atoms with Crippen LogP contribution in [0.1, 0.15) is 10.4 Å². The van der Waals surface area contributed by atoms with E-state index in [0.29, 0.717) is 16.3 Å². The van der Waals surface area contributed by atoms with E-state index in [-0.39, 0.29) is 0 Å². The minimum Gasteiger partial charge on any atom is -0.421 e. The van der Waals surface area contributed by atoms with Crippen LogP contribution in [0.4, 0.5) is 0 Å². The van der Waals surface area contributed by atoms with Crippen molar-refractivity contribution >= 4 is 17.6 Å². The van der Waals surface area contributed by atoms with E-state index in [1.165, 1.54) is 0 Å². The minimum atomic E-state index is -0.464. The van der Waals surface area contributed by atoms with E-state index in [2.05, 4.69) is 6.07 Å². The van der Waals surface area contributed by atoms with Crippen molar-refractivity contribution in [2.45, 2.75) is 0 Å². The second-order valence-electron chi connectivity index (χ2n) is 3.10. The van der Waals surface area contributed by atoms with Gasteiger partial charge in [-0.05, 0) is 24.3 Å². The van der Waals surface area contributed by atoms with E-state index in [1.807, 2.05) is 0 Å². The Morgan fingerprint density at radius 1 is 1.12 bits per heavy atom. The zero-order valence-electron chi connectivity index (χ0n) is 8.31. The first-order valence-electron chi connectivity index (χ1n) is 4.71.